The second kappa shape index (κ2) is 6.63. The maximum Gasteiger partial charge on any atom is 0.170 e. The van der Waals surface area contributed by atoms with E-state index in [2.05, 4.69) is 10.1 Å². The molecule has 1 aromatic carbocycles. The number of oxime groups is 1. The van der Waals surface area contributed by atoms with Gasteiger partial charge in [0.2, 0.25) is 0 Å². The van der Waals surface area contributed by atoms with Gasteiger partial charge in [-0.2, -0.15) is 0 Å². The van der Waals surface area contributed by atoms with E-state index in [9.17, 15) is 0 Å². The first kappa shape index (κ1) is 14.7. The highest BCUT2D eigenvalue weighted by atomic mass is 35.5. The first-order chi connectivity index (χ1) is 9.60. The van der Waals surface area contributed by atoms with E-state index in [1.807, 2.05) is 37.3 Å². The van der Waals surface area contributed by atoms with E-state index in [0.717, 1.165) is 16.3 Å². The zero-order chi connectivity index (χ0) is 14.5. The smallest absolute Gasteiger partial charge is 0.170 e. The lowest BCUT2D eigenvalue weighted by atomic mass is 10.1. The standard InChI is InChI=1S/C14H14ClN3OS/c1-9-6-10(14(16)18-19)2-3-11(9)8-20-13-5-4-12(15)7-17-13/h2-7,19H,8H2,1H3,(H2,16,18). The summed E-state index contributed by atoms with van der Waals surface area (Å²) >= 11 is 7.44. The highest BCUT2D eigenvalue weighted by Crippen LogP contribution is 2.24. The largest absolute Gasteiger partial charge is 0.409 e. The summed E-state index contributed by atoms with van der Waals surface area (Å²) in [7, 11) is 0. The molecule has 0 saturated carbocycles. The molecule has 2 aromatic rings. The molecule has 0 aliphatic carbocycles. The van der Waals surface area contributed by atoms with Crippen LogP contribution >= 0.6 is 23.4 Å². The zero-order valence-electron chi connectivity index (χ0n) is 10.9. The van der Waals surface area contributed by atoms with E-state index >= 15 is 0 Å². The molecule has 0 spiro atoms. The maximum absolute atomic E-state index is 8.66. The maximum atomic E-state index is 8.66. The first-order valence-corrected chi connectivity index (χ1v) is 7.28. The van der Waals surface area contributed by atoms with Crippen LogP contribution in [0.1, 0.15) is 16.7 Å². The van der Waals surface area contributed by atoms with Crippen LogP contribution < -0.4 is 5.73 Å². The van der Waals surface area contributed by atoms with Crippen molar-refractivity contribution in [2.45, 2.75) is 17.7 Å². The van der Waals surface area contributed by atoms with E-state index in [1.54, 1.807) is 18.0 Å². The molecule has 0 amide bonds. The molecule has 0 aliphatic rings. The number of nitrogens with zero attached hydrogens (tertiary/aromatic N) is 2. The Balaban J connectivity index is 2.08. The van der Waals surface area contributed by atoms with E-state index in [1.165, 1.54) is 5.56 Å². The summed E-state index contributed by atoms with van der Waals surface area (Å²) in [6, 6.07) is 9.44. The highest BCUT2D eigenvalue weighted by molar-refractivity contribution is 7.98. The minimum absolute atomic E-state index is 0.117. The van der Waals surface area contributed by atoms with Crippen LogP contribution in [0.2, 0.25) is 5.02 Å². The number of hydrogen-bond acceptors (Lipinski definition) is 4. The summed E-state index contributed by atoms with van der Waals surface area (Å²) in [6.45, 7) is 2.00. The van der Waals surface area contributed by atoms with Gasteiger partial charge in [0.05, 0.1) is 10.0 Å². The van der Waals surface area contributed by atoms with Crippen molar-refractivity contribution >= 4 is 29.2 Å². The molecule has 6 heteroatoms. The lowest BCUT2D eigenvalue weighted by Gasteiger charge is -2.07. The summed E-state index contributed by atoms with van der Waals surface area (Å²) < 4.78 is 0. The lowest BCUT2D eigenvalue weighted by molar-refractivity contribution is 0.318. The van der Waals surface area contributed by atoms with Gasteiger partial charge in [-0.15, -0.1) is 11.8 Å². The second-order valence-corrected chi connectivity index (χ2v) is 5.66. The Hall–Kier alpha value is -1.72. The molecule has 0 radical (unpaired) electrons. The predicted octanol–water partition coefficient (Wildman–Crippen LogP) is 3.43. The predicted molar refractivity (Wildman–Crippen MR) is 82.5 cm³/mol. The summed E-state index contributed by atoms with van der Waals surface area (Å²) in [5, 5.41) is 13.2. The van der Waals surface area contributed by atoms with Crippen molar-refractivity contribution in [2.24, 2.45) is 10.9 Å². The quantitative estimate of drug-likeness (QED) is 0.298. The number of thioether (sulfide) groups is 1. The van der Waals surface area contributed by atoms with Crippen LogP contribution in [0.3, 0.4) is 0 Å². The van der Waals surface area contributed by atoms with Crippen molar-refractivity contribution < 1.29 is 5.21 Å². The molecule has 1 aromatic heterocycles. The third kappa shape index (κ3) is 3.65. The summed E-state index contributed by atoms with van der Waals surface area (Å²) in [6.07, 6.45) is 1.64. The van der Waals surface area contributed by atoms with E-state index in [-0.39, 0.29) is 5.84 Å². The fourth-order valence-corrected chi connectivity index (χ4v) is 2.70. The molecular weight excluding hydrogens is 294 g/mol. The number of benzene rings is 1. The Morgan fingerprint density at radius 2 is 2.20 bits per heavy atom. The molecule has 0 fully saturated rings. The van der Waals surface area contributed by atoms with Crippen molar-refractivity contribution in [1.29, 1.82) is 0 Å². The molecule has 1 heterocycles. The molecule has 3 N–H and O–H groups in total. The number of rotatable bonds is 4. The van der Waals surface area contributed by atoms with Crippen molar-refractivity contribution in [1.82, 2.24) is 4.98 Å². The van der Waals surface area contributed by atoms with Crippen LogP contribution in [0.5, 0.6) is 0 Å². The van der Waals surface area contributed by atoms with Crippen molar-refractivity contribution in [3.63, 3.8) is 0 Å². The number of amidine groups is 1. The number of pyridine rings is 1. The minimum Gasteiger partial charge on any atom is -0.409 e. The molecule has 2 rings (SSSR count). The molecule has 0 bridgehead atoms. The molecule has 20 heavy (non-hydrogen) atoms. The Bertz CT molecular complexity index is 629. The van der Waals surface area contributed by atoms with Gasteiger partial charge in [-0.3, -0.25) is 0 Å². The summed E-state index contributed by atoms with van der Waals surface area (Å²) in [4.78, 5) is 4.24. The van der Waals surface area contributed by atoms with Crippen LogP contribution in [0.15, 0.2) is 46.7 Å². The molecule has 0 saturated heterocycles. The summed E-state index contributed by atoms with van der Waals surface area (Å²) in [5.74, 6) is 0.920. The van der Waals surface area contributed by atoms with Crippen molar-refractivity contribution in [3.8, 4) is 0 Å². The molecule has 0 aliphatic heterocycles. The molecular formula is C14H14ClN3OS. The highest BCUT2D eigenvalue weighted by Gasteiger charge is 2.05. The molecule has 4 nitrogen and oxygen atoms in total. The Morgan fingerprint density at radius 3 is 2.80 bits per heavy atom. The van der Waals surface area contributed by atoms with Crippen LogP contribution in [-0.4, -0.2) is 16.0 Å². The number of nitrogens with two attached hydrogens (primary N) is 1. The third-order valence-electron chi connectivity index (χ3n) is 2.82. The van der Waals surface area contributed by atoms with Gasteiger partial charge < -0.3 is 10.9 Å². The van der Waals surface area contributed by atoms with Crippen molar-refractivity contribution in [2.75, 3.05) is 0 Å². The normalized spacial score (nSPS) is 11.6. The van der Waals surface area contributed by atoms with Gasteiger partial charge in [0.25, 0.3) is 0 Å². The van der Waals surface area contributed by atoms with E-state index in [0.29, 0.717) is 10.6 Å². The Kier molecular flexibility index (Phi) is 4.87. The fraction of sp³-hybridized carbons (Fsp3) is 0.143. The topological polar surface area (TPSA) is 71.5 Å². The van der Waals surface area contributed by atoms with Crippen LogP contribution in [0.25, 0.3) is 0 Å². The van der Waals surface area contributed by atoms with Crippen LogP contribution in [0.4, 0.5) is 0 Å². The first-order valence-electron chi connectivity index (χ1n) is 5.92. The summed E-state index contributed by atoms with van der Waals surface area (Å²) in [5.41, 5.74) is 8.55. The van der Waals surface area contributed by atoms with Gasteiger partial charge in [0, 0.05) is 17.5 Å². The van der Waals surface area contributed by atoms with Gasteiger partial charge in [-0.1, -0.05) is 28.9 Å². The minimum atomic E-state index is 0.117. The number of hydrogen-bond donors (Lipinski definition) is 2. The second-order valence-electron chi connectivity index (χ2n) is 4.23. The third-order valence-corrected chi connectivity index (χ3v) is 4.04. The zero-order valence-corrected chi connectivity index (χ0v) is 12.4. The van der Waals surface area contributed by atoms with Gasteiger partial charge in [-0.05, 0) is 36.2 Å². The van der Waals surface area contributed by atoms with Gasteiger partial charge in [0.15, 0.2) is 5.84 Å². The van der Waals surface area contributed by atoms with Gasteiger partial charge in [-0.25, -0.2) is 4.98 Å². The number of aryl methyl sites for hydroxylation is 1. The monoisotopic (exact) mass is 307 g/mol. The molecule has 0 atom stereocenters. The van der Waals surface area contributed by atoms with Crippen LogP contribution in [0, 0.1) is 6.92 Å². The van der Waals surface area contributed by atoms with Crippen LogP contribution in [-0.2, 0) is 5.75 Å². The van der Waals surface area contributed by atoms with Gasteiger partial charge in [0.1, 0.15) is 0 Å². The van der Waals surface area contributed by atoms with Crippen molar-refractivity contribution in [3.05, 3.63) is 58.2 Å². The number of halogens is 1. The number of aromatic nitrogens is 1. The Labute approximate surface area is 126 Å². The Morgan fingerprint density at radius 1 is 1.40 bits per heavy atom. The van der Waals surface area contributed by atoms with Gasteiger partial charge >= 0.3 is 0 Å². The fourth-order valence-electron chi connectivity index (χ4n) is 1.67. The lowest BCUT2D eigenvalue weighted by Crippen LogP contribution is -2.13. The van der Waals surface area contributed by atoms with E-state index in [4.69, 9.17) is 22.5 Å². The van der Waals surface area contributed by atoms with E-state index < -0.39 is 0 Å². The average molecular weight is 308 g/mol. The SMILES string of the molecule is Cc1cc(/C(N)=N/O)ccc1CSc1ccc(Cl)cn1. The average Bonchev–Trinajstić information content (AvgIpc) is 2.46. The molecule has 104 valence electrons. The molecule has 0 unspecified atom stereocenters.